The molecule has 0 aliphatic carbocycles. The Kier molecular flexibility index (Phi) is 3.67. The highest BCUT2D eigenvalue weighted by Crippen LogP contribution is 2.24. The zero-order valence-electron chi connectivity index (χ0n) is 13.1. The molecule has 1 unspecified atom stereocenters. The molecule has 4 heterocycles. The monoisotopic (exact) mass is 301 g/mol. The molecule has 2 fully saturated rings. The van der Waals surface area contributed by atoms with Crippen molar-refractivity contribution in [2.45, 2.75) is 19.4 Å². The summed E-state index contributed by atoms with van der Waals surface area (Å²) in [7, 11) is 0. The highest BCUT2D eigenvalue weighted by atomic mass is 15.3. The lowest BCUT2D eigenvalue weighted by atomic mass is 10.2. The zero-order chi connectivity index (χ0) is 14.9. The van der Waals surface area contributed by atoms with Crippen LogP contribution in [0.5, 0.6) is 0 Å². The summed E-state index contributed by atoms with van der Waals surface area (Å²) >= 11 is 0. The Bertz CT molecular complexity index is 632. The van der Waals surface area contributed by atoms with Gasteiger partial charge in [-0.2, -0.15) is 0 Å². The predicted molar refractivity (Wildman–Crippen MR) is 85.1 cm³/mol. The van der Waals surface area contributed by atoms with Gasteiger partial charge in [-0.25, -0.2) is 4.98 Å². The van der Waals surface area contributed by atoms with Gasteiger partial charge in [-0.1, -0.05) is 6.92 Å². The maximum Gasteiger partial charge on any atom is 0.203 e. The largest absolute Gasteiger partial charge is 0.352 e. The van der Waals surface area contributed by atoms with E-state index in [1.54, 1.807) is 6.33 Å². The molecular formula is C15H23N7. The third-order valence-electron chi connectivity index (χ3n) is 5.03. The van der Waals surface area contributed by atoms with Gasteiger partial charge in [0.25, 0.3) is 0 Å². The van der Waals surface area contributed by atoms with Crippen molar-refractivity contribution in [1.29, 1.82) is 0 Å². The van der Waals surface area contributed by atoms with Crippen molar-refractivity contribution in [2.24, 2.45) is 0 Å². The van der Waals surface area contributed by atoms with E-state index < -0.39 is 0 Å². The van der Waals surface area contributed by atoms with Crippen LogP contribution < -0.4 is 4.90 Å². The second-order valence-corrected chi connectivity index (χ2v) is 6.17. The van der Waals surface area contributed by atoms with E-state index in [0.29, 0.717) is 6.04 Å². The summed E-state index contributed by atoms with van der Waals surface area (Å²) in [5, 5.41) is 8.20. The lowest BCUT2D eigenvalue weighted by molar-refractivity contribution is 0.107. The van der Waals surface area contributed by atoms with Gasteiger partial charge in [0.05, 0.1) is 0 Å². The first kappa shape index (κ1) is 13.9. The van der Waals surface area contributed by atoms with E-state index in [-0.39, 0.29) is 0 Å². The minimum Gasteiger partial charge on any atom is -0.352 e. The molecule has 22 heavy (non-hydrogen) atoms. The topological polar surface area (TPSA) is 52.8 Å². The van der Waals surface area contributed by atoms with E-state index in [4.69, 9.17) is 0 Å². The molecule has 4 rings (SSSR count). The quantitative estimate of drug-likeness (QED) is 0.815. The number of likely N-dealkylation sites (N-methyl/N-ethyl adjacent to an activating group) is 1. The standard InChI is InChI=1S/C15H23N7/c1-2-19-7-9-20(10-8-19)13-3-5-21(11-13)14-15-18-17-12-22(15)6-4-16-14/h4,6,12-13H,2-3,5,7-11H2,1H3. The molecule has 7 nitrogen and oxygen atoms in total. The molecule has 2 aromatic heterocycles. The summed E-state index contributed by atoms with van der Waals surface area (Å²) in [5.74, 6) is 0.967. The molecule has 2 saturated heterocycles. The highest BCUT2D eigenvalue weighted by Gasteiger charge is 2.31. The van der Waals surface area contributed by atoms with E-state index in [1.165, 1.54) is 39.1 Å². The Morgan fingerprint density at radius 1 is 1.18 bits per heavy atom. The molecule has 0 N–H and O–H groups in total. The van der Waals surface area contributed by atoms with Gasteiger partial charge in [-0.3, -0.25) is 9.30 Å². The van der Waals surface area contributed by atoms with Crippen LogP contribution in [-0.4, -0.2) is 81.2 Å². The lowest BCUT2D eigenvalue weighted by Crippen LogP contribution is -2.50. The molecule has 0 saturated carbocycles. The van der Waals surface area contributed by atoms with Crippen LogP contribution in [0.1, 0.15) is 13.3 Å². The number of nitrogens with zero attached hydrogens (tertiary/aromatic N) is 7. The van der Waals surface area contributed by atoms with Gasteiger partial charge in [-0.05, 0) is 13.0 Å². The van der Waals surface area contributed by atoms with Gasteiger partial charge >= 0.3 is 0 Å². The Hall–Kier alpha value is -1.73. The van der Waals surface area contributed by atoms with E-state index in [9.17, 15) is 0 Å². The smallest absolute Gasteiger partial charge is 0.203 e. The Morgan fingerprint density at radius 2 is 2.05 bits per heavy atom. The van der Waals surface area contributed by atoms with Crippen molar-refractivity contribution < 1.29 is 0 Å². The summed E-state index contributed by atoms with van der Waals surface area (Å²) in [6, 6.07) is 0.643. The van der Waals surface area contributed by atoms with Crippen molar-refractivity contribution >= 4 is 11.5 Å². The maximum absolute atomic E-state index is 4.54. The second kappa shape index (κ2) is 5.81. The number of hydrogen-bond donors (Lipinski definition) is 0. The van der Waals surface area contributed by atoms with Crippen molar-refractivity contribution in [1.82, 2.24) is 29.4 Å². The molecule has 0 amide bonds. The fraction of sp³-hybridized carbons (Fsp3) is 0.667. The van der Waals surface area contributed by atoms with Crippen LogP contribution in [0.4, 0.5) is 5.82 Å². The highest BCUT2D eigenvalue weighted by molar-refractivity contribution is 5.63. The molecule has 0 radical (unpaired) electrons. The molecule has 7 heteroatoms. The summed E-state index contributed by atoms with van der Waals surface area (Å²) in [6.07, 6.45) is 6.68. The van der Waals surface area contributed by atoms with E-state index in [1.807, 2.05) is 16.8 Å². The van der Waals surface area contributed by atoms with Crippen LogP contribution >= 0.6 is 0 Å². The van der Waals surface area contributed by atoms with E-state index in [0.717, 1.165) is 24.6 Å². The third-order valence-corrected chi connectivity index (χ3v) is 5.03. The fourth-order valence-electron chi connectivity index (χ4n) is 3.65. The Labute approximate surface area is 130 Å². The molecule has 2 aliphatic rings. The minimum atomic E-state index is 0.643. The van der Waals surface area contributed by atoms with Crippen LogP contribution in [-0.2, 0) is 0 Å². The zero-order valence-corrected chi connectivity index (χ0v) is 13.1. The molecule has 2 aromatic rings. The van der Waals surface area contributed by atoms with Crippen LogP contribution in [0.15, 0.2) is 18.7 Å². The molecule has 0 spiro atoms. The first-order chi connectivity index (χ1) is 10.8. The number of hydrogen-bond acceptors (Lipinski definition) is 6. The van der Waals surface area contributed by atoms with Crippen LogP contribution in [0.3, 0.4) is 0 Å². The first-order valence-corrected chi connectivity index (χ1v) is 8.21. The molecule has 2 aliphatic heterocycles. The van der Waals surface area contributed by atoms with Gasteiger partial charge in [0.2, 0.25) is 5.65 Å². The summed E-state index contributed by atoms with van der Waals surface area (Å²) < 4.78 is 1.94. The van der Waals surface area contributed by atoms with Gasteiger partial charge in [0, 0.05) is 57.7 Å². The number of aromatic nitrogens is 4. The molecular weight excluding hydrogens is 278 g/mol. The normalized spacial score (nSPS) is 24.4. The van der Waals surface area contributed by atoms with Crippen molar-refractivity contribution in [3.05, 3.63) is 18.7 Å². The fourth-order valence-corrected chi connectivity index (χ4v) is 3.65. The average Bonchev–Trinajstić information content (AvgIpc) is 3.24. The summed E-state index contributed by atoms with van der Waals surface area (Å²) in [5.41, 5.74) is 0.860. The van der Waals surface area contributed by atoms with Gasteiger partial charge in [0.15, 0.2) is 5.82 Å². The number of fused-ring (bicyclic) bond motifs is 1. The average molecular weight is 301 g/mol. The predicted octanol–water partition coefficient (Wildman–Crippen LogP) is 0.340. The van der Waals surface area contributed by atoms with Gasteiger partial charge in [0.1, 0.15) is 6.33 Å². The Balaban J connectivity index is 1.45. The number of rotatable bonds is 3. The lowest BCUT2D eigenvalue weighted by Gasteiger charge is -2.37. The Morgan fingerprint density at radius 3 is 2.86 bits per heavy atom. The van der Waals surface area contributed by atoms with Crippen molar-refractivity contribution in [3.63, 3.8) is 0 Å². The molecule has 118 valence electrons. The maximum atomic E-state index is 4.54. The minimum absolute atomic E-state index is 0.643. The van der Waals surface area contributed by atoms with E-state index >= 15 is 0 Å². The number of piperazine rings is 1. The number of anilines is 1. The second-order valence-electron chi connectivity index (χ2n) is 6.17. The summed E-state index contributed by atoms with van der Waals surface area (Å²) in [6.45, 7) is 10.3. The molecule has 0 bridgehead atoms. The summed E-state index contributed by atoms with van der Waals surface area (Å²) in [4.78, 5) is 12.1. The van der Waals surface area contributed by atoms with Crippen LogP contribution in [0.2, 0.25) is 0 Å². The van der Waals surface area contributed by atoms with Crippen molar-refractivity contribution in [2.75, 3.05) is 50.7 Å². The third kappa shape index (κ3) is 2.44. The van der Waals surface area contributed by atoms with Crippen LogP contribution in [0.25, 0.3) is 5.65 Å². The molecule has 0 aromatic carbocycles. The molecule has 1 atom stereocenters. The van der Waals surface area contributed by atoms with E-state index in [2.05, 4.69) is 36.8 Å². The van der Waals surface area contributed by atoms with Gasteiger partial charge < -0.3 is 9.80 Å². The SMILES string of the molecule is CCN1CCN(C2CCN(c3nccn4cnnc34)C2)CC1. The van der Waals surface area contributed by atoms with Gasteiger partial charge in [-0.15, -0.1) is 10.2 Å². The first-order valence-electron chi connectivity index (χ1n) is 8.21. The van der Waals surface area contributed by atoms with Crippen molar-refractivity contribution in [3.8, 4) is 0 Å². The van der Waals surface area contributed by atoms with Crippen LogP contribution in [0, 0.1) is 0 Å².